The first-order valence-corrected chi connectivity index (χ1v) is 6.23. The fourth-order valence-electron chi connectivity index (χ4n) is 1.47. The van der Waals surface area contributed by atoms with Crippen LogP contribution < -0.4 is 10.6 Å². The first kappa shape index (κ1) is 14.4. The lowest BCUT2D eigenvalue weighted by Gasteiger charge is -2.09. The van der Waals surface area contributed by atoms with Crippen LogP contribution in [0.15, 0.2) is 40.9 Å². The maximum Gasteiger partial charge on any atom is 0.323 e. The van der Waals surface area contributed by atoms with Gasteiger partial charge in [-0.25, -0.2) is 18.0 Å². The third kappa shape index (κ3) is 3.51. The summed E-state index contributed by atoms with van der Waals surface area (Å²) < 4.78 is 39.9. The van der Waals surface area contributed by atoms with Gasteiger partial charge in [0.25, 0.3) is 0 Å². The Hall–Kier alpha value is -2.02. The molecule has 0 unspecified atom stereocenters. The zero-order valence-electron chi connectivity index (χ0n) is 9.88. The number of carbonyl (C=O) groups is 1. The highest BCUT2D eigenvalue weighted by Gasteiger charge is 2.13. The molecule has 0 spiro atoms. The fraction of sp³-hybridized carbons (Fsp3) is 0. The monoisotopic (exact) mass is 344 g/mol. The Morgan fingerprint density at radius 1 is 0.950 bits per heavy atom. The Bertz CT molecular complexity index is 624. The van der Waals surface area contributed by atoms with Crippen molar-refractivity contribution >= 4 is 33.3 Å². The third-order valence-corrected chi connectivity index (χ3v) is 2.81. The number of nitrogens with one attached hydrogen (secondary N) is 2. The van der Waals surface area contributed by atoms with Crippen LogP contribution in [0.1, 0.15) is 0 Å². The molecule has 2 aromatic carbocycles. The number of hydrogen-bond donors (Lipinski definition) is 2. The summed E-state index contributed by atoms with van der Waals surface area (Å²) in [4.78, 5) is 11.6. The maximum absolute atomic E-state index is 13.5. The van der Waals surface area contributed by atoms with E-state index in [9.17, 15) is 18.0 Å². The van der Waals surface area contributed by atoms with E-state index >= 15 is 0 Å². The predicted octanol–water partition coefficient (Wildman–Crippen LogP) is 4.51. The molecule has 0 aliphatic rings. The molecule has 0 saturated carbocycles. The lowest BCUT2D eigenvalue weighted by atomic mass is 10.3. The quantitative estimate of drug-likeness (QED) is 0.826. The van der Waals surface area contributed by atoms with Crippen molar-refractivity contribution in [1.29, 1.82) is 0 Å². The lowest BCUT2D eigenvalue weighted by Crippen LogP contribution is -2.21. The van der Waals surface area contributed by atoms with Crippen molar-refractivity contribution < 1.29 is 18.0 Å². The summed E-state index contributed by atoms with van der Waals surface area (Å²) in [6.07, 6.45) is 0. The Morgan fingerprint density at radius 2 is 1.50 bits per heavy atom. The SMILES string of the molecule is O=C(Nc1ccc(F)cc1)Nc1c(F)cc(Br)cc1F. The molecule has 2 amide bonds. The van der Waals surface area contributed by atoms with E-state index in [-0.39, 0.29) is 4.47 Å². The van der Waals surface area contributed by atoms with Gasteiger partial charge in [0.2, 0.25) is 0 Å². The van der Waals surface area contributed by atoms with Crippen LogP contribution in [0.5, 0.6) is 0 Å². The van der Waals surface area contributed by atoms with Crippen molar-refractivity contribution in [2.45, 2.75) is 0 Å². The molecule has 2 N–H and O–H groups in total. The summed E-state index contributed by atoms with van der Waals surface area (Å²) >= 11 is 2.93. The highest BCUT2D eigenvalue weighted by Crippen LogP contribution is 2.23. The summed E-state index contributed by atoms with van der Waals surface area (Å²) in [5.41, 5.74) is -0.269. The zero-order chi connectivity index (χ0) is 14.7. The molecule has 0 radical (unpaired) electrons. The van der Waals surface area contributed by atoms with Gasteiger partial charge in [-0.2, -0.15) is 0 Å². The Balaban J connectivity index is 2.10. The average Bonchev–Trinajstić information content (AvgIpc) is 2.36. The van der Waals surface area contributed by atoms with E-state index in [4.69, 9.17) is 0 Å². The molecule has 0 bridgehead atoms. The van der Waals surface area contributed by atoms with Gasteiger partial charge < -0.3 is 10.6 Å². The van der Waals surface area contributed by atoms with Crippen LogP contribution in [0.25, 0.3) is 0 Å². The molecule has 2 rings (SSSR count). The van der Waals surface area contributed by atoms with Gasteiger partial charge in [-0.3, -0.25) is 0 Å². The Morgan fingerprint density at radius 3 is 2.05 bits per heavy atom. The number of hydrogen-bond acceptors (Lipinski definition) is 1. The molecule has 0 atom stereocenters. The minimum absolute atomic E-state index is 0.219. The fourth-order valence-corrected chi connectivity index (χ4v) is 1.87. The molecule has 0 aromatic heterocycles. The number of rotatable bonds is 2. The second-order valence-electron chi connectivity index (χ2n) is 3.83. The summed E-state index contributed by atoms with van der Waals surface area (Å²) in [5.74, 6) is -2.28. The molecular formula is C13H8BrF3N2O. The second-order valence-corrected chi connectivity index (χ2v) is 4.75. The van der Waals surface area contributed by atoms with Crippen molar-refractivity contribution in [1.82, 2.24) is 0 Å². The normalized spacial score (nSPS) is 10.2. The van der Waals surface area contributed by atoms with Crippen LogP contribution in [-0.4, -0.2) is 6.03 Å². The lowest BCUT2D eigenvalue weighted by molar-refractivity contribution is 0.262. The molecule has 3 nitrogen and oxygen atoms in total. The highest BCUT2D eigenvalue weighted by molar-refractivity contribution is 9.10. The van der Waals surface area contributed by atoms with Gasteiger partial charge in [0, 0.05) is 10.2 Å². The molecule has 0 heterocycles. The molecule has 0 saturated heterocycles. The van der Waals surface area contributed by atoms with Crippen LogP contribution in [-0.2, 0) is 0 Å². The minimum Gasteiger partial charge on any atom is -0.308 e. The van der Waals surface area contributed by atoms with Crippen molar-refractivity contribution in [3.8, 4) is 0 Å². The Labute approximate surface area is 120 Å². The topological polar surface area (TPSA) is 41.1 Å². The van der Waals surface area contributed by atoms with Crippen LogP contribution in [0.3, 0.4) is 0 Å². The van der Waals surface area contributed by atoms with Crippen LogP contribution in [0.4, 0.5) is 29.3 Å². The van der Waals surface area contributed by atoms with Crippen molar-refractivity contribution in [2.75, 3.05) is 10.6 Å². The van der Waals surface area contributed by atoms with Crippen molar-refractivity contribution in [2.24, 2.45) is 0 Å². The van der Waals surface area contributed by atoms with Crippen molar-refractivity contribution in [3.63, 3.8) is 0 Å². The van der Waals surface area contributed by atoms with E-state index in [0.29, 0.717) is 5.69 Å². The average molecular weight is 345 g/mol. The summed E-state index contributed by atoms with van der Waals surface area (Å²) in [6.45, 7) is 0. The van der Waals surface area contributed by atoms with Gasteiger partial charge in [0.1, 0.15) is 11.5 Å². The second kappa shape index (κ2) is 5.96. The van der Waals surface area contributed by atoms with E-state index in [1.165, 1.54) is 12.1 Å². The van der Waals surface area contributed by atoms with Gasteiger partial charge in [0.05, 0.1) is 0 Å². The first-order valence-electron chi connectivity index (χ1n) is 5.44. The van der Waals surface area contributed by atoms with E-state index in [1.54, 1.807) is 0 Å². The molecule has 20 heavy (non-hydrogen) atoms. The summed E-state index contributed by atoms with van der Waals surface area (Å²) in [6, 6.07) is 6.16. The zero-order valence-corrected chi connectivity index (χ0v) is 11.5. The van der Waals surface area contributed by atoms with Crippen LogP contribution in [0, 0.1) is 17.5 Å². The van der Waals surface area contributed by atoms with E-state index in [2.05, 4.69) is 26.6 Å². The predicted molar refractivity (Wildman–Crippen MR) is 73.1 cm³/mol. The smallest absolute Gasteiger partial charge is 0.308 e. The first-order chi connectivity index (χ1) is 9.45. The van der Waals surface area contributed by atoms with Gasteiger partial charge in [0.15, 0.2) is 11.6 Å². The Kier molecular flexibility index (Phi) is 4.29. The minimum atomic E-state index is -0.911. The van der Waals surface area contributed by atoms with Gasteiger partial charge in [-0.1, -0.05) is 15.9 Å². The molecular weight excluding hydrogens is 337 g/mol. The van der Waals surface area contributed by atoms with E-state index in [1.807, 2.05) is 0 Å². The van der Waals surface area contributed by atoms with Gasteiger partial charge >= 0.3 is 6.03 Å². The molecule has 0 aliphatic heterocycles. The molecule has 7 heteroatoms. The highest BCUT2D eigenvalue weighted by atomic mass is 79.9. The number of urea groups is 1. The molecule has 2 aromatic rings. The van der Waals surface area contributed by atoms with Crippen LogP contribution in [0.2, 0.25) is 0 Å². The maximum atomic E-state index is 13.5. The van der Waals surface area contributed by atoms with E-state index < -0.39 is 29.2 Å². The standard InChI is InChI=1S/C13H8BrF3N2O/c14-7-5-10(16)12(11(17)6-7)19-13(20)18-9-3-1-8(15)2-4-9/h1-6H,(H2,18,19,20). The summed E-state index contributed by atoms with van der Waals surface area (Å²) in [7, 11) is 0. The summed E-state index contributed by atoms with van der Waals surface area (Å²) in [5, 5.41) is 4.38. The van der Waals surface area contributed by atoms with Gasteiger partial charge in [-0.05, 0) is 36.4 Å². The van der Waals surface area contributed by atoms with E-state index in [0.717, 1.165) is 24.3 Å². The number of carbonyl (C=O) groups excluding carboxylic acids is 1. The number of benzene rings is 2. The number of amides is 2. The number of anilines is 2. The van der Waals surface area contributed by atoms with Gasteiger partial charge in [-0.15, -0.1) is 0 Å². The third-order valence-electron chi connectivity index (χ3n) is 2.35. The number of halogens is 4. The van der Waals surface area contributed by atoms with Crippen LogP contribution >= 0.6 is 15.9 Å². The molecule has 104 valence electrons. The van der Waals surface area contributed by atoms with Crippen molar-refractivity contribution in [3.05, 3.63) is 58.3 Å². The molecule has 0 aliphatic carbocycles. The largest absolute Gasteiger partial charge is 0.323 e. The molecule has 0 fully saturated rings.